The Morgan fingerprint density at radius 1 is 1.53 bits per heavy atom. The number of fused-ring (bicyclic) bond motifs is 1. The predicted molar refractivity (Wildman–Crippen MR) is 69.1 cm³/mol. The highest BCUT2D eigenvalue weighted by molar-refractivity contribution is 7.99. The van der Waals surface area contributed by atoms with E-state index in [4.69, 9.17) is 5.11 Å². The summed E-state index contributed by atoms with van der Waals surface area (Å²) < 4.78 is 1.83. The minimum absolute atomic E-state index is 0.407. The lowest BCUT2D eigenvalue weighted by atomic mass is 10.2. The minimum atomic E-state index is -0.782. The molecule has 1 unspecified atom stereocenters. The van der Waals surface area contributed by atoms with Crippen molar-refractivity contribution in [1.82, 2.24) is 9.78 Å². The highest BCUT2D eigenvalue weighted by atomic mass is 32.2. The van der Waals surface area contributed by atoms with E-state index in [9.17, 15) is 4.79 Å². The standard InChI is InChI=1S/C12H14N2O2S/c1-8(12(15)16)17-7-10-9-5-3-4-6-11(9)14(2)13-10/h3-6,8H,7H2,1-2H3,(H,15,16). The third kappa shape index (κ3) is 2.44. The zero-order valence-electron chi connectivity index (χ0n) is 9.75. The molecule has 0 radical (unpaired) electrons. The number of aryl methyl sites for hydroxylation is 1. The monoisotopic (exact) mass is 250 g/mol. The van der Waals surface area contributed by atoms with Crippen LogP contribution in [-0.2, 0) is 17.6 Å². The largest absolute Gasteiger partial charge is 0.480 e. The van der Waals surface area contributed by atoms with Crippen LogP contribution in [0.3, 0.4) is 0 Å². The van der Waals surface area contributed by atoms with E-state index in [1.807, 2.05) is 36.0 Å². The van der Waals surface area contributed by atoms with Crippen LogP contribution in [0.15, 0.2) is 24.3 Å². The van der Waals surface area contributed by atoms with E-state index in [0.717, 1.165) is 16.6 Å². The van der Waals surface area contributed by atoms with E-state index >= 15 is 0 Å². The summed E-state index contributed by atoms with van der Waals surface area (Å²) in [6, 6.07) is 7.97. The molecular weight excluding hydrogens is 236 g/mol. The molecule has 1 aromatic carbocycles. The van der Waals surface area contributed by atoms with Gasteiger partial charge in [0.1, 0.15) is 0 Å². The quantitative estimate of drug-likeness (QED) is 0.904. The number of carboxylic acid groups (broad SMARTS) is 1. The normalized spacial score (nSPS) is 12.8. The molecule has 1 atom stereocenters. The number of benzene rings is 1. The highest BCUT2D eigenvalue weighted by Crippen LogP contribution is 2.23. The first-order chi connectivity index (χ1) is 8.09. The van der Waals surface area contributed by atoms with Gasteiger partial charge in [0.2, 0.25) is 0 Å². The molecule has 17 heavy (non-hydrogen) atoms. The summed E-state index contributed by atoms with van der Waals surface area (Å²) in [7, 11) is 1.90. The number of aromatic nitrogens is 2. The molecule has 0 aliphatic carbocycles. The van der Waals surface area contributed by atoms with Crippen molar-refractivity contribution in [2.75, 3.05) is 0 Å². The van der Waals surface area contributed by atoms with Gasteiger partial charge in [-0.15, -0.1) is 11.8 Å². The number of thioether (sulfide) groups is 1. The Labute approximate surface area is 104 Å². The minimum Gasteiger partial charge on any atom is -0.480 e. The van der Waals surface area contributed by atoms with Crippen LogP contribution in [0, 0.1) is 0 Å². The van der Waals surface area contributed by atoms with Crippen LogP contribution in [-0.4, -0.2) is 26.1 Å². The van der Waals surface area contributed by atoms with E-state index < -0.39 is 11.2 Å². The summed E-state index contributed by atoms with van der Waals surface area (Å²) in [6.45, 7) is 1.69. The maximum atomic E-state index is 10.7. The van der Waals surface area contributed by atoms with Crippen molar-refractivity contribution in [2.24, 2.45) is 7.05 Å². The lowest BCUT2D eigenvalue weighted by molar-refractivity contribution is -0.136. The van der Waals surface area contributed by atoms with E-state index in [1.54, 1.807) is 6.92 Å². The number of rotatable bonds is 4. The number of nitrogens with zero attached hydrogens (tertiary/aromatic N) is 2. The third-order valence-electron chi connectivity index (χ3n) is 2.65. The first-order valence-corrected chi connectivity index (χ1v) is 6.39. The Bertz CT molecular complexity index is 550. The van der Waals surface area contributed by atoms with Crippen LogP contribution < -0.4 is 0 Å². The molecule has 0 aliphatic heterocycles. The molecule has 0 saturated carbocycles. The molecule has 2 aromatic rings. The zero-order valence-corrected chi connectivity index (χ0v) is 10.6. The number of carbonyl (C=O) groups is 1. The van der Waals surface area contributed by atoms with Gasteiger partial charge in [0, 0.05) is 18.2 Å². The molecule has 1 heterocycles. The van der Waals surface area contributed by atoms with Crippen molar-refractivity contribution in [3.63, 3.8) is 0 Å². The molecule has 0 fully saturated rings. The van der Waals surface area contributed by atoms with E-state index in [2.05, 4.69) is 5.10 Å². The highest BCUT2D eigenvalue weighted by Gasteiger charge is 2.14. The second-order valence-corrected chi connectivity index (χ2v) is 5.21. The molecule has 0 spiro atoms. The Morgan fingerprint density at radius 2 is 2.24 bits per heavy atom. The lowest BCUT2D eigenvalue weighted by Crippen LogP contribution is -2.11. The molecule has 1 aromatic heterocycles. The second kappa shape index (κ2) is 4.79. The number of aliphatic carboxylic acids is 1. The fourth-order valence-corrected chi connectivity index (χ4v) is 2.43. The molecule has 0 amide bonds. The maximum absolute atomic E-state index is 10.7. The van der Waals surface area contributed by atoms with Crippen molar-refractivity contribution in [3.05, 3.63) is 30.0 Å². The van der Waals surface area contributed by atoms with Gasteiger partial charge in [-0.2, -0.15) is 5.10 Å². The van der Waals surface area contributed by atoms with Crippen LogP contribution in [0.25, 0.3) is 10.9 Å². The predicted octanol–water partition coefficient (Wildman–Crippen LogP) is 2.28. The SMILES string of the molecule is CC(SCc1nn(C)c2ccccc12)C(=O)O. The van der Waals surface area contributed by atoms with Crippen LogP contribution in [0.2, 0.25) is 0 Å². The average Bonchev–Trinajstić information content (AvgIpc) is 2.64. The second-order valence-electron chi connectivity index (χ2n) is 3.88. The van der Waals surface area contributed by atoms with Crippen molar-refractivity contribution < 1.29 is 9.90 Å². The number of hydrogen-bond acceptors (Lipinski definition) is 3. The Hall–Kier alpha value is -1.49. The van der Waals surface area contributed by atoms with Crippen LogP contribution >= 0.6 is 11.8 Å². The molecule has 0 aliphatic rings. The molecule has 90 valence electrons. The van der Waals surface area contributed by atoms with Gasteiger partial charge in [-0.05, 0) is 13.0 Å². The summed E-state index contributed by atoms with van der Waals surface area (Å²) in [5, 5.41) is 13.9. The van der Waals surface area contributed by atoms with Gasteiger partial charge in [-0.3, -0.25) is 9.48 Å². The van der Waals surface area contributed by atoms with Gasteiger partial charge >= 0.3 is 5.97 Å². The zero-order chi connectivity index (χ0) is 12.4. The van der Waals surface area contributed by atoms with Crippen molar-refractivity contribution in [2.45, 2.75) is 17.9 Å². The number of hydrogen-bond donors (Lipinski definition) is 1. The van der Waals surface area contributed by atoms with Crippen LogP contribution in [0.5, 0.6) is 0 Å². The van der Waals surface area contributed by atoms with E-state index in [1.165, 1.54) is 11.8 Å². The smallest absolute Gasteiger partial charge is 0.316 e. The summed E-state index contributed by atoms with van der Waals surface area (Å²) in [4.78, 5) is 10.7. The Balaban J connectivity index is 2.22. The Morgan fingerprint density at radius 3 is 2.94 bits per heavy atom. The third-order valence-corrected chi connectivity index (χ3v) is 3.79. The van der Waals surface area contributed by atoms with Crippen molar-refractivity contribution >= 4 is 28.6 Å². The summed E-state index contributed by atoms with van der Waals surface area (Å²) in [6.07, 6.45) is 0. The van der Waals surface area contributed by atoms with Crippen LogP contribution in [0.4, 0.5) is 0 Å². The van der Waals surface area contributed by atoms with Gasteiger partial charge in [-0.1, -0.05) is 18.2 Å². The van der Waals surface area contributed by atoms with E-state index in [0.29, 0.717) is 5.75 Å². The molecular formula is C12H14N2O2S. The fourth-order valence-electron chi connectivity index (χ4n) is 1.67. The molecule has 4 nitrogen and oxygen atoms in total. The van der Waals surface area contributed by atoms with E-state index in [-0.39, 0.29) is 0 Å². The molecule has 0 saturated heterocycles. The summed E-state index contributed by atoms with van der Waals surface area (Å²) in [5.41, 5.74) is 2.02. The van der Waals surface area contributed by atoms with Crippen molar-refractivity contribution in [3.8, 4) is 0 Å². The fraction of sp³-hybridized carbons (Fsp3) is 0.333. The van der Waals surface area contributed by atoms with Crippen molar-refractivity contribution in [1.29, 1.82) is 0 Å². The molecule has 0 bridgehead atoms. The van der Waals surface area contributed by atoms with Gasteiger partial charge in [-0.25, -0.2) is 0 Å². The summed E-state index contributed by atoms with van der Waals surface area (Å²) >= 11 is 1.39. The number of para-hydroxylation sites is 1. The maximum Gasteiger partial charge on any atom is 0.316 e. The van der Waals surface area contributed by atoms with Gasteiger partial charge in [0.05, 0.1) is 16.5 Å². The molecule has 1 N–H and O–H groups in total. The van der Waals surface area contributed by atoms with Gasteiger partial charge in [0.25, 0.3) is 0 Å². The Kier molecular flexibility index (Phi) is 3.38. The topological polar surface area (TPSA) is 55.1 Å². The van der Waals surface area contributed by atoms with Crippen LogP contribution in [0.1, 0.15) is 12.6 Å². The molecule has 5 heteroatoms. The average molecular weight is 250 g/mol. The first-order valence-electron chi connectivity index (χ1n) is 5.34. The summed E-state index contributed by atoms with van der Waals surface area (Å²) in [5.74, 6) is -0.162. The molecule has 2 rings (SSSR count). The lowest BCUT2D eigenvalue weighted by Gasteiger charge is -2.03. The number of carboxylic acids is 1. The van der Waals surface area contributed by atoms with Gasteiger partial charge in [0.15, 0.2) is 0 Å². The first kappa shape index (κ1) is 12.0. The van der Waals surface area contributed by atoms with Gasteiger partial charge < -0.3 is 5.11 Å².